The molecule has 4 N–H and O–H groups in total. The maximum Gasteiger partial charge on any atom is 0.237 e. The van der Waals surface area contributed by atoms with Crippen LogP contribution in [0, 0.1) is 11.8 Å². The monoisotopic (exact) mass is 256 g/mol. The quantitative estimate of drug-likeness (QED) is 0.696. The van der Waals surface area contributed by atoms with Gasteiger partial charge in [0.25, 0.3) is 0 Å². The Bertz CT molecular complexity index is 273. The number of carbonyl (C=O) groups excluding carboxylic acids is 1. The first-order chi connectivity index (χ1) is 8.44. The summed E-state index contributed by atoms with van der Waals surface area (Å²) < 4.78 is 0. The zero-order valence-corrected chi connectivity index (χ0v) is 11.9. The first-order valence-electron chi connectivity index (χ1n) is 7.12. The highest BCUT2D eigenvalue weighted by molar-refractivity contribution is 5.82. The Kier molecular flexibility index (Phi) is 5.60. The fraction of sp³-hybridized carbons (Fsp3) is 0.929. The van der Waals surface area contributed by atoms with Crippen LogP contribution in [0.15, 0.2) is 0 Å². The van der Waals surface area contributed by atoms with E-state index in [4.69, 9.17) is 5.73 Å². The van der Waals surface area contributed by atoms with Gasteiger partial charge in [0, 0.05) is 0 Å². The molecule has 0 bridgehead atoms. The number of nitrogens with one attached hydrogen (secondary N) is 1. The number of rotatable bonds is 5. The average Bonchev–Trinajstić information content (AvgIpc) is 2.39. The van der Waals surface area contributed by atoms with Crippen molar-refractivity contribution in [1.29, 1.82) is 0 Å². The van der Waals surface area contributed by atoms with Gasteiger partial charge < -0.3 is 16.2 Å². The molecule has 0 spiro atoms. The number of hydrogen-bond donors (Lipinski definition) is 3. The van der Waals surface area contributed by atoms with E-state index in [1.54, 1.807) is 0 Å². The summed E-state index contributed by atoms with van der Waals surface area (Å²) in [7, 11) is 0. The van der Waals surface area contributed by atoms with E-state index >= 15 is 0 Å². The molecule has 18 heavy (non-hydrogen) atoms. The number of carbonyl (C=O) groups is 1. The van der Waals surface area contributed by atoms with Gasteiger partial charge in [-0.15, -0.1) is 0 Å². The lowest BCUT2D eigenvalue weighted by atomic mass is 9.77. The van der Waals surface area contributed by atoms with E-state index in [0.29, 0.717) is 5.92 Å². The van der Waals surface area contributed by atoms with Crippen LogP contribution in [-0.2, 0) is 4.79 Å². The van der Waals surface area contributed by atoms with E-state index in [-0.39, 0.29) is 18.4 Å². The van der Waals surface area contributed by atoms with Crippen molar-refractivity contribution in [2.24, 2.45) is 17.6 Å². The van der Waals surface area contributed by atoms with Crippen LogP contribution < -0.4 is 11.1 Å². The van der Waals surface area contributed by atoms with Crippen molar-refractivity contribution in [3.8, 4) is 0 Å². The molecule has 4 nitrogen and oxygen atoms in total. The van der Waals surface area contributed by atoms with Crippen molar-refractivity contribution in [3.63, 3.8) is 0 Å². The van der Waals surface area contributed by atoms with Crippen molar-refractivity contribution < 1.29 is 9.90 Å². The van der Waals surface area contributed by atoms with E-state index < -0.39 is 11.6 Å². The molecule has 0 aromatic carbocycles. The van der Waals surface area contributed by atoms with Gasteiger partial charge in [-0.25, -0.2) is 0 Å². The van der Waals surface area contributed by atoms with Crippen molar-refractivity contribution in [1.82, 2.24) is 5.32 Å². The molecule has 0 heterocycles. The summed E-state index contributed by atoms with van der Waals surface area (Å²) in [4.78, 5) is 12.1. The maximum absolute atomic E-state index is 12.1. The van der Waals surface area contributed by atoms with Crippen LogP contribution in [0.2, 0.25) is 0 Å². The molecule has 1 fully saturated rings. The van der Waals surface area contributed by atoms with E-state index in [1.165, 1.54) is 0 Å². The third-order valence-corrected chi connectivity index (χ3v) is 4.48. The van der Waals surface area contributed by atoms with Gasteiger partial charge in [-0.05, 0) is 37.5 Å². The Balaban J connectivity index is 2.60. The normalized spacial score (nSPS) is 31.7. The topological polar surface area (TPSA) is 75.4 Å². The lowest BCUT2D eigenvalue weighted by Crippen LogP contribution is -2.58. The van der Waals surface area contributed by atoms with Crippen LogP contribution in [0.4, 0.5) is 0 Å². The largest absolute Gasteiger partial charge is 0.394 e. The van der Waals surface area contributed by atoms with Crippen LogP contribution in [-0.4, -0.2) is 29.2 Å². The third-order valence-electron chi connectivity index (χ3n) is 4.48. The summed E-state index contributed by atoms with van der Waals surface area (Å²) in [5.74, 6) is 0.737. The minimum atomic E-state index is -0.474. The maximum atomic E-state index is 12.1. The standard InChI is InChI=1S/C14H28N2O2/c1-4-11(3)12(15)13(18)16-14(9-17)7-5-10(2)6-8-14/h10-12,17H,4-9,15H2,1-3H3,(H,16,18)/t10?,11?,12-,14?/m0/s1. The number of aliphatic hydroxyl groups is 1. The molecule has 0 saturated heterocycles. The molecule has 1 rings (SSSR count). The molecular formula is C14H28N2O2. The average molecular weight is 256 g/mol. The highest BCUT2D eigenvalue weighted by Gasteiger charge is 2.36. The Hall–Kier alpha value is -0.610. The Morgan fingerprint density at radius 2 is 2.06 bits per heavy atom. The van der Waals surface area contributed by atoms with Crippen molar-refractivity contribution in [2.45, 2.75) is 64.5 Å². The van der Waals surface area contributed by atoms with Crippen molar-refractivity contribution >= 4 is 5.91 Å². The number of nitrogens with two attached hydrogens (primary N) is 1. The van der Waals surface area contributed by atoms with Gasteiger partial charge in [-0.1, -0.05) is 27.2 Å². The summed E-state index contributed by atoms with van der Waals surface area (Å²) in [6.45, 7) is 6.24. The van der Waals surface area contributed by atoms with Gasteiger partial charge in [0.2, 0.25) is 5.91 Å². The molecule has 1 unspecified atom stereocenters. The third kappa shape index (κ3) is 3.69. The van der Waals surface area contributed by atoms with E-state index in [9.17, 15) is 9.90 Å². The van der Waals surface area contributed by atoms with Crippen LogP contribution in [0.25, 0.3) is 0 Å². The van der Waals surface area contributed by atoms with Crippen molar-refractivity contribution in [2.75, 3.05) is 6.61 Å². The van der Waals surface area contributed by atoms with Crippen LogP contribution in [0.3, 0.4) is 0 Å². The molecule has 0 aliphatic heterocycles. The number of hydrogen-bond acceptors (Lipinski definition) is 3. The van der Waals surface area contributed by atoms with Gasteiger partial charge in [0.1, 0.15) is 0 Å². The van der Waals surface area contributed by atoms with E-state index in [1.807, 2.05) is 13.8 Å². The smallest absolute Gasteiger partial charge is 0.237 e. The first kappa shape index (κ1) is 15.4. The lowest BCUT2D eigenvalue weighted by molar-refractivity contribution is -0.126. The second kappa shape index (κ2) is 6.53. The Morgan fingerprint density at radius 3 is 2.50 bits per heavy atom. The van der Waals surface area contributed by atoms with Gasteiger partial charge in [0.15, 0.2) is 0 Å². The van der Waals surface area contributed by atoms with Crippen LogP contribution in [0.1, 0.15) is 52.9 Å². The minimum absolute atomic E-state index is 0.0126. The van der Waals surface area contributed by atoms with Crippen molar-refractivity contribution in [3.05, 3.63) is 0 Å². The highest BCUT2D eigenvalue weighted by Crippen LogP contribution is 2.31. The predicted octanol–water partition coefficient (Wildman–Crippen LogP) is 1.42. The number of amides is 1. The SMILES string of the molecule is CCC(C)[C@H](N)C(=O)NC1(CO)CCC(C)CC1. The molecule has 106 valence electrons. The fourth-order valence-corrected chi connectivity index (χ4v) is 2.49. The molecule has 0 radical (unpaired) electrons. The van der Waals surface area contributed by atoms with Crippen LogP contribution >= 0.6 is 0 Å². The predicted molar refractivity (Wildman–Crippen MR) is 73.0 cm³/mol. The fourth-order valence-electron chi connectivity index (χ4n) is 2.49. The molecule has 4 heteroatoms. The Labute approximate surface area is 110 Å². The van der Waals surface area contributed by atoms with Gasteiger partial charge in [0.05, 0.1) is 18.2 Å². The minimum Gasteiger partial charge on any atom is -0.394 e. The summed E-state index contributed by atoms with van der Waals surface area (Å²) >= 11 is 0. The summed E-state index contributed by atoms with van der Waals surface area (Å²) in [6.07, 6.45) is 4.70. The highest BCUT2D eigenvalue weighted by atomic mass is 16.3. The molecule has 2 atom stereocenters. The zero-order valence-electron chi connectivity index (χ0n) is 11.9. The van der Waals surface area contributed by atoms with Crippen LogP contribution in [0.5, 0.6) is 0 Å². The molecule has 1 amide bonds. The number of aliphatic hydroxyl groups excluding tert-OH is 1. The Morgan fingerprint density at radius 1 is 1.50 bits per heavy atom. The summed E-state index contributed by atoms with van der Waals surface area (Å²) in [6, 6.07) is -0.474. The second-order valence-electron chi connectivity index (χ2n) is 6.02. The summed E-state index contributed by atoms with van der Waals surface area (Å²) in [5, 5.41) is 12.6. The molecule has 0 aromatic rings. The molecule has 1 aliphatic carbocycles. The molecule has 1 aliphatic rings. The van der Waals surface area contributed by atoms with Gasteiger partial charge >= 0.3 is 0 Å². The zero-order chi connectivity index (χ0) is 13.8. The molecular weight excluding hydrogens is 228 g/mol. The van der Waals surface area contributed by atoms with Gasteiger partial charge in [-0.3, -0.25) is 4.79 Å². The molecule has 0 aromatic heterocycles. The molecule has 1 saturated carbocycles. The van der Waals surface area contributed by atoms with Gasteiger partial charge in [-0.2, -0.15) is 0 Å². The van der Waals surface area contributed by atoms with E-state index in [0.717, 1.165) is 32.1 Å². The first-order valence-corrected chi connectivity index (χ1v) is 7.12. The lowest BCUT2D eigenvalue weighted by Gasteiger charge is -2.39. The van der Waals surface area contributed by atoms with E-state index in [2.05, 4.69) is 12.2 Å². The summed E-state index contributed by atoms with van der Waals surface area (Å²) in [5.41, 5.74) is 5.50. The second-order valence-corrected chi connectivity index (χ2v) is 6.02.